The molecule has 0 spiro atoms. The molecule has 3 aromatic rings. The van der Waals surface area contributed by atoms with Crippen molar-refractivity contribution in [1.29, 1.82) is 10.5 Å². The highest BCUT2D eigenvalue weighted by Gasteiger charge is 2.32. The van der Waals surface area contributed by atoms with Crippen molar-refractivity contribution in [3.8, 4) is 12.1 Å². The molecule has 28 heavy (non-hydrogen) atoms. The van der Waals surface area contributed by atoms with Gasteiger partial charge in [0.15, 0.2) is 0 Å². The lowest BCUT2D eigenvalue weighted by molar-refractivity contribution is 0.871. The SMILES string of the molecule is N#CC1c2ccc(Cl)cc2C(C#N)c2cc(C=Cc3ccc(Cl)cc3)ccc21. The molecule has 0 aromatic heterocycles. The van der Waals surface area contributed by atoms with E-state index in [1.165, 1.54) is 0 Å². The molecule has 2 nitrogen and oxygen atoms in total. The summed E-state index contributed by atoms with van der Waals surface area (Å²) in [6, 6.07) is 23.7. The molecule has 0 saturated heterocycles. The molecule has 1 aliphatic rings. The van der Waals surface area contributed by atoms with E-state index in [0.717, 1.165) is 33.4 Å². The molecular weight excluding hydrogens is 387 g/mol. The smallest absolute Gasteiger partial charge is 0.0969 e. The molecule has 0 aliphatic heterocycles. The Morgan fingerprint density at radius 2 is 1.11 bits per heavy atom. The molecule has 0 bridgehead atoms. The van der Waals surface area contributed by atoms with Gasteiger partial charge in [-0.05, 0) is 63.7 Å². The Bertz CT molecular complexity index is 1160. The average Bonchev–Trinajstić information content (AvgIpc) is 2.71. The fourth-order valence-electron chi connectivity index (χ4n) is 3.65. The van der Waals surface area contributed by atoms with Crippen molar-refractivity contribution >= 4 is 35.4 Å². The summed E-state index contributed by atoms with van der Waals surface area (Å²) in [5.74, 6) is -0.849. The first-order valence-electron chi connectivity index (χ1n) is 8.77. The molecule has 2 atom stereocenters. The standard InChI is InChI=1S/C24H14Cl2N2/c25-17-6-3-15(4-7-17)1-2-16-5-9-19-21(11-16)24(14-28)22-12-18(26)8-10-20(22)23(19)13-27/h1-12,23-24H. The summed E-state index contributed by atoms with van der Waals surface area (Å²) < 4.78 is 0. The first-order chi connectivity index (χ1) is 13.6. The van der Waals surface area contributed by atoms with Crippen molar-refractivity contribution in [2.45, 2.75) is 11.8 Å². The highest BCUT2D eigenvalue weighted by Crippen LogP contribution is 2.44. The van der Waals surface area contributed by atoms with Crippen LogP contribution in [0.5, 0.6) is 0 Å². The number of nitrogens with zero attached hydrogens (tertiary/aromatic N) is 2. The monoisotopic (exact) mass is 400 g/mol. The summed E-state index contributed by atoms with van der Waals surface area (Å²) in [7, 11) is 0. The Hall–Kier alpha value is -3.04. The van der Waals surface area contributed by atoms with Crippen molar-refractivity contribution in [2.24, 2.45) is 0 Å². The van der Waals surface area contributed by atoms with Crippen LogP contribution in [0, 0.1) is 22.7 Å². The summed E-state index contributed by atoms with van der Waals surface area (Å²) in [4.78, 5) is 0. The minimum absolute atomic E-state index is 0.402. The van der Waals surface area contributed by atoms with Gasteiger partial charge in [0.25, 0.3) is 0 Å². The Morgan fingerprint density at radius 1 is 0.607 bits per heavy atom. The number of benzene rings is 3. The van der Waals surface area contributed by atoms with E-state index in [0.29, 0.717) is 10.0 Å². The Balaban J connectivity index is 1.78. The first-order valence-corrected chi connectivity index (χ1v) is 9.52. The zero-order valence-electron chi connectivity index (χ0n) is 14.7. The van der Waals surface area contributed by atoms with E-state index < -0.39 is 11.8 Å². The van der Waals surface area contributed by atoms with E-state index in [2.05, 4.69) is 12.1 Å². The number of fused-ring (bicyclic) bond motifs is 2. The molecule has 0 heterocycles. The van der Waals surface area contributed by atoms with Gasteiger partial charge in [-0.15, -0.1) is 0 Å². The first kappa shape index (κ1) is 18.3. The second-order valence-electron chi connectivity index (χ2n) is 6.67. The van der Waals surface area contributed by atoms with Gasteiger partial charge in [-0.3, -0.25) is 0 Å². The van der Waals surface area contributed by atoms with Gasteiger partial charge in [-0.2, -0.15) is 10.5 Å². The highest BCUT2D eigenvalue weighted by molar-refractivity contribution is 6.30. The van der Waals surface area contributed by atoms with Gasteiger partial charge < -0.3 is 0 Å². The van der Waals surface area contributed by atoms with E-state index in [4.69, 9.17) is 23.2 Å². The molecule has 1 aliphatic carbocycles. The lowest BCUT2D eigenvalue weighted by atomic mass is 9.73. The van der Waals surface area contributed by atoms with E-state index in [1.807, 2.05) is 60.7 Å². The van der Waals surface area contributed by atoms with E-state index in [-0.39, 0.29) is 0 Å². The van der Waals surface area contributed by atoms with E-state index in [9.17, 15) is 10.5 Å². The molecule has 2 unspecified atom stereocenters. The quantitative estimate of drug-likeness (QED) is 0.444. The summed E-state index contributed by atoms with van der Waals surface area (Å²) in [6.07, 6.45) is 3.99. The molecule has 0 N–H and O–H groups in total. The number of halogens is 2. The third kappa shape index (κ3) is 3.30. The van der Waals surface area contributed by atoms with E-state index in [1.54, 1.807) is 12.1 Å². The van der Waals surface area contributed by atoms with Gasteiger partial charge in [0.05, 0.1) is 24.0 Å². The molecule has 134 valence electrons. The molecule has 4 heteroatoms. The normalized spacial score (nSPS) is 17.4. The van der Waals surface area contributed by atoms with E-state index >= 15 is 0 Å². The number of nitriles is 2. The lowest BCUT2D eigenvalue weighted by Crippen LogP contribution is -2.16. The number of rotatable bonds is 2. The maximum Gasteiger partial charge on any atom is 0.0969 e. The molecular formula is C24H14Cl2N2. The zero-order valence-corrected chi connectivity index (χ0v) is 16.2. The molecule has 0 saturated carbocycles. The third-order valence-electron chi connectivity index (χ3n) is 5.00. The topological polar surface area (TPSA) is 47.6 Å². The Labute approximate surface area is 173 Å². The van der Waals surface area contributed by atoms with Crippen molar-refractivity contribution in [2.75, 3.05) is 0 Å². The molecule has 0 fully saturated rings. The summed E-state index contributed by atoms with van der Waals surface area (Å²) in [5.41, 5.74) is 5.42. The Morgan fingerprint density at radius 3 is 1.79 bits per heavy atom. The molecule has 3 aromatic carbocycles. The van der Waals surface area contributed by atoms with Gasteiger partial charge in [0, 0.05) is 10.0 Å². The summed E-state index contributed by atoms with van der Waals surface area (Å²) in [5, 5.41) is 20.9. The van der Waals surface area contributed by atoms with Crippen molar-refractivity contribution in [3.63, 3.8) is 0 Å². The third-order valence-corrected chi connectivity index (χ3v) is 5.49. The minimum atomic E-state index is -0.447. The van der Waals surface area contributed by atoms with Crippen LogP contribution in [0.1, 0.15) is 45.2 Å². The number of hydrogen-bond acceptors (Lipinski definition) is 2. The molecule has 4 rings (SSSR count). The largest absolute Gasteiger partial charge is 0.197 e. The van der Waals surface area contributed by atoms with Crippen molar-refractivity contribution < 1.29 is 0 Å². The van der Waals surface area contributed by atoms with Crippen LogP contribution in [-0.2, 0) is 0 Å². The van der Waals surface area contributed by atoms with Crippen LogP contribution in [0.3, 0.4) is 0 Å². The van der Waals surface area contributed by atoms with Gasteiger partial charge in [0.2, 0.25) is 0 Å². The maximum atomic E-state index is 9.85. The van der Waals surface area contributed by atoms with Crippen molar-refractivity contribution in [1.82, 2.24) is 0 Å². The van der Waals surface area contributed by atoms with Crippen LogP contribution in [-0.4, -0.2) is 0 Å². The Kier molecular flexibility index (Phi) is 4.93. The lowest BCUT2D eigenvalue weighted by Gasteiger charge is -2.28. The van der Waals surface area contributed by atoms with Crippen LogP contribution in [0.25, 0.3) is 12.2 Å². The van der Waals surface area contributed by atoms with Gasteiger partial charge in [-0.25, -0.2) is 0 Å². The van der Waals surface area contributed by atoms with Crippen LogP contribution < -0.4 is 0 Å². The highest BCUT2D eigenvalue weighted by atomic mass is 35.5. The van der Waals surface area contributed by atoms with Gasteiger partial charge >= 0.3 is 0 Å². The van der Waals surface area contributed by atoms with Crippen LogP contribution in [0.2, 0.25) is 10.0 Å². The predicted molar refractivity (Wildman–Crippen MR) is 113 cm³/mol. The number of hydrogen-bond donors (Lipinski definition) is 0. The van der Waals surface area contributed by atoms with Gasteiger partial charge in [0.1, 0.15) is 0 Å². The van der Waals surface area contributed by atoms with Crippen LogP contribution in [0.4, 0.5) is 0 Å². The maximum absolute atomic E-state index is 9.85. The molecule has 0 radical (unpaired) electrons. The van der Waals surface area contributed by atoms with Gasteiger partial charge in [-0.1, -0.05) is 65.7 Å². The summed E-state index contributed by atoms with van der Waals surface area (Å²) in [6.45, 7) is 0. The second-order valence-corrected chi connectivity index (χ2v) is 7.54. The van der Waals surface area contributed by atoms with Crippen molar-refractivity contribution in [3.05, 3.63) is 104 Å². The average molecular weight is 401 g/mol. The predicted octanol–water partition coefficient (Wildman–Crippen LogP) is 6.79. The summed E-state index contributed by atoms with van der Waals surface area (Å²) >= 11 is 12.1. The zero-order chi connectivity index (χ0) is 19.7. The van der Waals surface area contributed by atoms with Crippen LogP contribution in [0.15, 0.2) is 60.7 Å². The second kappa shape index (κ2) is 7.53. The fraction of sp³-hybridized carbons (Fsp3) is 0.0833. The minimum Gasteiger partial charge on any atom is -0.197 e. The van der Waals surface area contributed by atoms with Crippen LogP contribution >= 0.6 is 23.2 Å². The fourth-order valence-corrected chi connectivity index (χ4v) is 3.95. The molecule has 0 amide bonds.